The maximum absolute atomic E-state index is 13.7. The number of halogens is 1. The molecular weight excluding hydrogens is 325 g/mol. The Morgan fingerprint density at radius 2 is 1.77 bits per heavy atom. The molecule has 0 aliphatic carbocycles. The average Bonchev–Trinajstić information content (AvgIpc) is 2.52. The summed E-state index contributed by atoms with van der Waals surface area (Å²) in [6, 6.07) is 13.4. The van der Waals surface area contributed by atoms with Gasteiger partial charge >= 0.3 is 0 Å². The monoisotopic (exact) mass is 355 g/mol. The van der Waals surface area contributed by atoms with Gasteiger partial charge in [-0.15, -0.1) is 0 Å². The van der Waals surface area contributed by atoms with Crippen LogP contribution in [0.1, 0.15) is 51.8 Å². The SMILES string of the molecule is CC1(C)CC(N(Cc2cccc(F)c2)Cc2ccccn2)CC(C)(C)N1. The zero-order valence-corrected chi connectivity index (χ0v) is 16.3. The maximum Gasteiger partial charge on any atom is 0.123 e. The number of nitrogens with zero attached hydrogens (tertiary/aromatic N) is 2. The van der Waals surface area contributed by atoms with E-state index in [1.54, 1.807) is 12.1 Å². The predicted molar refractivity (Wildman–Crippen MR) is 104 cm³/mol. The third-order valence-corrected chi connectivity index (χ3v) is 5.05. The van der Waals surface area contributed by atoms with Crippen molar-refractivity contribution >= 4 is 0 Å². The predicted octanol–water partition coefficient (Wildman–Crippen LogP) is 4.53. The number of piperidine rings is 1. The van der Waals surface area contributed by atoms with Crippen LogP contribution in [0.25, 0.3) is 0 Å². The van der Waals surface area contributed by atoms with Crippen LogP contribution < -0.4 is 5.32 Å². The first kappa shape index (κ1) is 19.0. The number of aromatic nitrogens is 1. The fraction of sp³-hybridized carbons (Fsp3) is 0.500. The van der Waals surface area contributed by atoms with E-state index >= 15 is 0 Å². The Morgan fingerprint density at radius 3 is 2.38 bits per heavy atom. The van der Waals surface area contributed by atoms with Crippen molar-refractivity contribution < 1.29 is 4.39 Å². The van der Waals surface area contributed by atoms with Crippen LogP contribution in [0.5, 0.6) is 0 Å². The first-order chi connectivity index (χ1) is 12.2. The van der Waals surface area contributed by atoms with Crippen LogP contribution in [-0.2, 0) is 13.1 Å². The molecule has 0 amide bonds. The zero-order valence-electron chi connectivity index (χ0n) is 16.3. The van der Waals surface area contributed by atoms with Crippen molar-refractivity contribution in [1.29, 1.82) is 0 Å². The van der Waals surface area contributed by atoms with Gasteiger partial charge < -0.3 is 5.32 Å². The number of pyridine rings is 1. The summed E-state index contributed by atoms with van der Waals surface area (Å²) in [6.45, 7) is 10.6. The van der Waals surface area contributed by atoms with Crippen molar-refractivity contribution in [3.8, 4) is 0 Å². The summed E-state index contributed by atoms with van der Waals surface area (Å²) in [5, 5.41) is 3.75. The number of nitrogens with one attached hydrogen (secondary N) is 1. The molecule has 0 unspecified atom stereocenters. The van der Waals surface area contributed by atoms with Crippen molar-refractivity contribution in [2.45, 2.75) is 70.7 Å². The zero-order chi connectivity index (χ0) is 18.8. The fourth-order valence-corrected chi connectivity index (χ4v) is 4.41. The van der Waals surface area contributed by atoms with Gasteiger partial charge in [-0.3, -0.25) is 9.88 Å². The van der Waals surface area contributed by atoms with E-state index in [1.165, 1.54) is 6.07 Å². The summed E-state index contributed by atoms with van der Waals surface area (Å²) >= 11 is 0. The smallest absolute Gasteiger partial charge is 0.123 e. The maximum atomic E-state index is 13.7. The molecule has 2 heterocycles. The van der Waals surface area contributed by atoms with Gasteiger partial charge in [0.05, 0.1) is 5.69 Å². The van der Waals surface area contributed by atoms with Gasteiger partial charge in [-0.25, -0.2) is 4.39 Å². The van der Waals surface area contributed by atoms with Crippen LogP contribution in [-0.4, -0.2) is 27.0 Å². The van der Waals surface area contributed by atoms with Crippen molar-refractivity contribution in [3.05, 3.63) is 65.7 Å². The minimum Gasteiger partial charge on any atom is -0.307 e. The second-order valence-electron chi connectivity index (χ2n) is 8.81. The summed E-state index contributed by atoms with van der Waals surface area (Å²) in [4.78, 5) is 6.97. The van der Waals surface area contributed by atoms with E-state index in [0.717, 1.165) is 37.2 Å². The molecule has 4 heteroatoms. The van der Waals surface area contributed by atoms with E-state index in [2.05, 4.69) is 49.0 Å². The van der Waals surface area contributed by atoms with Crippen LogP contribution in [0.4, 0.5) is 4.39 Å². The number of hydrogen-bond acceptors (Lipinski definition) is 3. The van der Waals surface area contributed by atoms with Crippen molar-refractivity contribution in [3.63, 3.8) is 0 Å². The molecule has 1 aromatic heterocycles. The lowest BCUT2D eigenvalue weighted by molar-refractivity contribution is 0.0555. The van der Waals surface area contributed by atoms with Crippen LogP contribution in [0.3, 0.4) is 0 Å². The Labute approximate surface area is 156 Å². The summed E-state index contributed by atoms with van der Waals surface area (Å²) in [7, 11) is 0. The van der Waals surface area contributed by atoms with Crippen LogP contribution in [0.2, 0.25) is 0 Å². The molecule has 1 fully saturated rings. The van der Waals surface area contributed by atoms with Gasteiger partial charge in [0, 0.05) is 36.4 Å². The third-order valence-electron chi connectivity index (χ3n) is 5.05. The van der Waals surface area contributed by atoms with Gasteiger partial charge in [-0.1, -0.05) is 18.2 Å². The second-order valence-corrected chi connectivity index (χ2v) is 8.81. The molecule has 0 bridgehead atoms. The van der Waals surface area contributed by atoms with Crippen LogP contribution in [0, 0.1) is 5.82 Å². The van der Waals surface area contributed by atoms with Gasteiger partial charge in [0.15, 0.2) is 0 Å². The summed E-state index contributed by atoms with van der Waals surface area (Å²) in [6.07, 6.45) is 3.95. The van der Waals surface area contributed by atoms with E-state index in [-0.39, 0.29) is 16.9 Å². The Kier molecular flexibility index (Phi) is 5.44. The standard InChI is InChI=1S/C22H30FN3/c1-21(2)13-20(14-22(3,4)25-21)26(16-19-10-5-6-11-24-19)15-17-8-7-9-18(23)12-17/h5-12,20,25H,13-16H2,1-4H3. The minimum absolute atomic E-state index is 0.0662. The van der Waals surface area contributed by atoms with E-state index in [4.69, 9.17) is 0 Å². The molecule has 1 aliphatic rings. The lowest BCUT2D eigenvalue weighted by Crippen LogP contribution is -2.62. The van der Waals surface area contributed by atoms with Crippen LogP contribution in [0.15, 0.2) is 48.7 Å². The van der Waals surface area contributed by atoms with Gasteiger partial charge in [-0.05, 0) is 70.4 Å². The van der Waals surface area contributed by atoms with E-state index < -0.39 is 0 Å². The summed E-state index contributed by atoms with van der Waals surface area (Å²) in [5.74, 6) is -0.175. The van der Waals surface area contributed by atoms with Crippen molar-refractivity contribution in [2.24, 2.45) is 0 Å². The molecule has 3 rings (SSSR count). The lowest BCUT2D eigenvalue weighted by atomic mass is 9.79. The highest BCUT2D eigenvalue weighted by Crippen LogP contribution is 2.33. The number of rotatable bonds is 5. The van der Waals surface area contributed by atoms with E-state index in [1.807, 2.05) is 24.4 Å². The normalized spacial score (nSPS) is 19.6. The highest BCUT2D eigenvalue weighted by molar-refractivity contribution is 5.17. The Hall–Kier alpha value is -1.78. The Balaban J connectivity index is 1.86. The summed E-state index contributed by atoms with van der Waals surface area (Å²) < 4.78 is 13.7. The van der Waals surface area contributed by atoms with Gasteiger partial charge in [0.1, 0.15) is 5.82 Å². The van der Waals surface area contributed by atoms with E-state index in [9.17, 15) is 4.39 Å². The van der Waals surface area contributed by atoms with E-state index in [0.29, 0.717) is 6.04 Å². The number of benzene rings is 1. The highest BCUT2D eigenvalue weighted by atomic mass is 19.1. The minimum atomic E-state index is -0.175. The van der Waals surface area contributed by atoms with Gasteiger partial charge in [0.25, 0.3) is 0 Å². The highest BCUT2D eigenvalue weighted by Gasteiger charge is 2.39. The Morgan fingerprint density at radius 1 is 1.04 bits per heavy atom. The largest absolute Gasteiger partial charge is 0.307 e. The Bertz CT molecular complexity index is 711. The molecule has 2 aromatic rings. The molecule has 26 heavy (non-hydrogen) atoms. The van der Waals surface area contributed by atoms with Crippen molar-refractivity contribution in [2.75, 3.05) is 0 Å². The topological polar surface area (TPSA) is 28.2 Å². The fourth-order valence-electron chi connectivity index (χ4n) is 4.41. The molecule has 0 spiro atoms. The second kappa shape index (κ2) is 7.45. The molecular formula is C22H30FN3. The molecule has 1 aromatic carbocycles. The molecule has 0 radical (unpaired) electrons. The third kappa shape index (κ3) is 5.12. The lowest BCUT2D eigenvalue weighted by Gasteiger charge is -2.49. The quantitative estimate of drug-likeness (QED) is 0.854. The first-order valence-electron chi connectivity index (χ1n) is 9.40. The first-order valence-corrected chi connectivity index (χ1v) is 9.40. The molecule has 140 valence electrons. The number of hydrogen-bond donors (Lipinski definition) is 1. The molecule has 0 saturated carbocycles. The molecule has 3 nitrogen and oxygen atoms in total. The molecule has 1 aliphatic heterocycles. The van der Waals surface area contributed by atoms with Crippen molar-refractivity contribution in [1.82, 2.24) is 15.2 Å². The molecule has 1 saturated heterocycles. The van der Waals surface area contributed by atoms with Crippen LogP contribution >= 0.6 is 0 Å². The molecule has 1 N–H and O–H groups in total. The average molecular weight is 356 g/mol. The van der Waals surface area contributed by atoms with Gasteiger partial charge in [0.2, 0.25) is 0 Å². The summed E-state index contributed by atoms with van der Waals surface area (Å²) in [5.41, 5.74) is 2.20. The van der Waals surface area contributed by atoms with Gasteiger partial charge in [-0.2, -0.15) is 0 Å². The molecule has 0 atom stereocenters.